The highest BCUT2D eigenvalue weighted by Gasteiger charge is 2.40. The van der Waals surface area contributed by atoms with Gasteiger partial charge in [0.2, 0.25) is 11.8 Å². The Morgan fingerprint density at radius 1 is 0.963 bits per heavy atom. The van der Waals surface area contributed by atoms with Crippen LogP contribution in [0.2, 0.25) is 0 Å². The van der Waals surface area contributed by atoms with Crippen LogP contribution >= 0.6 is 11.8 Å². The molecule has 1 fully saturated rings. The average molecular weight is 763 g/mol. The van der Waals surface area contributed by atoms with Crippen LogP contribution in [0.15, 0.2) is 124 Å². The minimum atomic E-state index is -4.06. The van der Waals surface area contributed by atoms with Crippen molar-refractivity contribution in [3.05, 3.63) is 121 Å². The molecule has 0 aliphatic carbocycles. The second-order valence-electron chi connectivity index (χ2n) is 13.1. The number of carbonyl (C=O) groups excluding carboxylic acids is 3. The number of hydrogen-bond acceptors (Lipinski definition) is 10. The summed E-state index contributed by atoms with van der Waals surface area (Å²) in [5.41, 5.74) is 1.07. The van der Waals surface area contributed by atoms with Crippen LogP contribution in [-0.2, 0) is 26.2 Å². The molecule has 274 valence electrons. The van der Waals surface area contributed by atoms with Gasteiger partial charge in [-0.15, -0.1) is 5.10 Å². The zero-order chi connectivity index (χ0) is 37.4. The van der Waals surface area contributed by atoms with Crippen LogP contribution in [-0.4, -0.2) is 74.1 Å². The van der Waals surface area contributed by atoms with Crippen molar-refractivity contribution in [2.45, 2.75) is 46.7 Å². The maximum absolute atomic E-state index is 14.1. The number of carbonyl (C=O) groups is 3. The number of para-hydroxylation sites is 1. The standard InChI is InChI=1S/C38H34N8O6S2/c1-24(30-18-27-20-39-14-13-29(27)46(30)54(50,51)28-7-3-2-4-8-28)42-38(49)31-17-25(22-44-16-15-41-43-44)23-45(31)36(47)21-40-37(48)26-11-12-35-33(19-26)52-32-9-5-6-10-34(32)53-35/h2-16,18-20,24-25,31H,17,21-23H2,1H3,(H,40,48)(H,42,49)/t24?,25-,31-/m0/s1. The van der Waals surface area contributed by atoms with Crippen LogP contribution in [0.5, 0.6) is 11.5 Å². The molecule has 3 aromatic heterocycles. The molecular weight excluding hydrogens is 729 g/mol. The van der Waals surface area contributed by atoms with Gasteiger partial charge in [0.25, 0.3) is 15.9 Å². The summed E-state index contributed by atoms with van der Waals surface area (Å²) in [5.74, 6) is -0.263. The van der Waals surface area contributed by atoms with Crippen molar-refractivity contribution in [3.63, 3.8) is 0 Å². The number of fused-ring (bicyclic) bond motifs is 3. The Morgan fingerprint density at radius 2 is 1.76 bits per heavy atom. The Kier molecular flexibility index (Phi) is 9.37. The van der Waals surface area contributed by atoms with Crippen molar-refractivity contribution < 1.29 is 27.5 Å². The molecule has 3 amide bonds. The maximum atomic E-state index is 14.1. The molecule has 6 aromatic rings. The van der Waals surface area contributed by atoms with Gasteiger partial charge >= 0.3 is 0 Å². The number of nitrogens with zero attached hydrogens (tertiary/aromatic N) is 6. The number of rotatable bonds is 10. The van der Waals surface area contributed by atoms with Crippen LogP contribution in [0, 0.1) is 5.92 Å². The topological polar surface area (TPSA) is 170 Å². The van der Waals surface area contributed by atoms with Crippen molar-refractivity contribution in [2.75, 3.05) is 13.1 Å². The predicted octanol–water partition coefficient (Wildman–Crippen LogP) is 4.65. The molecule has 1 saturated heterocycles. The van der Waals surface area contributed by atoms with Gasteiger partial charge < -0.3 is 20.3 Å². The molecule has 0 saturated carbocycles. The summed E-state index contributed by atoms with van der Waals surface area (Å²) in [5, 5.41) is 14.2. The number of hydrogen-bond donors (Lipinski definition) is 2. The molecule has 8 rings (SSSR count). The second kappa shape index (κ2) is 14.4. The summed E-state index contributed by atoms with van der Waals surface area (Å²) in [6, 6.07) is 22.5. The first kappa shape index (κ1) is 35.1. The van der Waals surface area contributed by atoms with Gasteiger partial charge in [0, 0.05) is 42.6 Å². The maximum Gasteiger partial charge on any atom is 0.268 e. The largest absolute Gasteiger partial charge is 0.455 e. The molecular formula is C38H34N8O6S2. The molecule has 5 heterocycles. The molecule has 0 spiro atoms. The van der Waals surface area contributed by atoms with Crippen molar-refractivity contribution in [1.29, 1.82) is 0 Å². The number of likely N-dealkylation sites (tertiary alicyclic amines) is 1. The van der Waals surface area contributed by atoms with E-state index in [-0.39, 0.29) is 23.9 Å². The summed E-state index contributed by atoms with van der Waals surface area (Å²) in [7, 11) is -4.06. The predicted molar refractivity (Wildman–Crippen MR) is 198 cm³/mol. The Bertz CT molecular complexity index is 2490. The van der Waals surface area contributed by atoms with Crippen LogP contribution in [0.3, 0.4) is 0 Å². The van der Waals surface area contributed by atoms with Crippen molar-refractivity contribution in [3.8, 4) is 11.5 Å². The van der Waals surface area contributed by atoms with Gasteiger partial charge in [-0.2, -0.15) is 0 Å². The van der Waals surface area contributed by atoms with Gasteiger partial charge in [0.15, 0.2) is 0 Å². The lowest BCUT2D eigenvalue weighted by Gasteiger charge is -2.26. The number of amides is 3. The van der Waals surface area contributed by atoms with Gasteiger partial charge in [-0.05, 0) is 73.9 Å². The van der Waals surface area contributed by atoms with Crippen molar-refractivity contribution in [1.82, 2.24) is 39.5 Å². The van der Waals surface area contributed by atoms with Gasteiger partial charge in [-0.1, -0.05) is 47.3 Å². The summed E-state index contributed by atoms with van der Waals surface area (Å²) in [6.45, 7) is 2.01. The highest BCUT2D eigenvalue weighted by molar-refractivity contribution is 7.99. The van der Waals surface area contributed by atoms with Gasteiger partial charge in [0.05, 0.1) is 44.7 Å². The second-order valence-corrected chi connectivity index (χ2v) is 16.0. The minimum absolute atomic E-state index is 0.0942. The van der Waals surface area contributed by atoms with E-state index in [0.717, 1.165) is 9.79 Å². The number of ether oxygens (including phenoxy) is 1. The Balaban J connectivity index is 1.00. The first-order valence-electron chi connectivity index (χ1n) is 17.2. The molecule has 1 unspecified atom stereocenters. The SMILES string of the molecule is CC(NC(=O)[C@@H]1C[C@@H](Cn2ccnn2)CN1C(=O)CNC(=O)c1ccc2c(c1)Oc1ccccc1S2)c1cc2cnccc2n1S(=O)(=O)c1ccccc1. The normalized spacial score (nSPS) is 16.9. The first-order valence-corrected chi connectivity index (χ1v) is 19.5. The molecule has 2 aliphatic heterocycles. The van der Waals surface area contributed by atoms with E-state index in [2.05, 4.69) is 25.9 Å². The Morgan fingerprint density at radius 3 is 2.57 bits per heavy atom. The van der Waals surface area contributed by atoms with Crippen LogP contribution in [0.4, 0.5) is 0 Å². The lowest BCUT2D eigenvalue weighted by atomic mass is 10.0. The van der Waals surface area contributed by atoms with E-state index in [1.807, 2.05) is 30.3 Å². The van der Waals surface area contributed by atoms with E-state index >= 15 is 0 Å². The molecule has 2 N–H and O–H groups in total. The molecule has 3 aromatic carbocycles. The third kappa shape index (κ3) is 6.80. The number of pyridine rings is 1. The lowest BCUT2D eigenvalue weighted by Crippen LogP contribution is -2.49. The van der Waals surface area contributed by atoms with Crippen molar-refractivity contribution in [2.24, 2.45) is 5.92 Å². The molecule has 3 atom stereocenters. The summed E-state index contributed by atoms with van der Waals surface area (Å²) < 4.78 is 36.9. The monoisotopic (exact) mass is 762 g/mol. The van der Waals surface area contributed by atoms with Crippen LogP contribution < -0.4 is 15.4 Å². The number of aromatic nitrogens is 5. The number of nitrogens with one attached hydrogen (secondary N) is 2. The summed E-state index contributed by atoms with van der Waals surface area (Å²) >= 11 is 1.55. The van der Waals surface area contributed by atoms with Crippen molar-refractivity contribution >= 4 is 50.4 Å². The number of benzene rings is 3. The van der Waals surface area contributed by atoms with Crippen LogP contribution in [0.1, 0.15) is 35.4 Å². The molecule has 54 heavy (non-hydrogen) atoms. The van der Waals surface area contributed by atoms with E-state index < -0.39 is 39.8 Å². The molecule has 16 heteroatoms. The molecule has 0 bridgehead atoms. The minimum Gasteiger partial charge on any atom is -0.455 e. The van der Waals surface area contributed by atoms with E-state index in [1.54, 1.807) is 84.4 Å². The van der Waals surface area contributed by atoms with Gasteiger partial charge in [-0.3, -0.25) is 24.0 Å². The van der Waals surface area contributed by atoms with Gasteiger partial charge in [0.1, 0.15) is 17.5 Å². The highest BCUT2D eigenvalue weighted by Crippen LogP contribution is 2.47. The fourth-order valence-corrected chi connectivity index (χ4v) is 9.46. The summed E-state index contributed by atoms with van der Waals surface area (Å²) in [4.78, 5) is 48.8. The van der Waals surface area contributed by atoms with E-state index in [1.165, 1.54) is 27.2 Å². The van der Waals surface area contributed by atoms with Gasteiger partial charge in [-0.25, -0.2) is 12.4 Å². The fourth-order valence-electron chi connectivity index (χ4n) is 6.91. The quantitative estimate of drug-likeness (QED) is 0.200. The Hall–Kier alpha value is -6.00. The first-order chi connectivity index (χ1) is 26.2. The molecule has 14 nitrogen and oxygen atoms in total. The van der Waals surface area contributed by atoms with E-state index in [9.17, 15) is 22.8 Å². The third-order valence-electron chi connectivity index (χ3n) is 9.49. The highest BCUT2D eigenvalue weighted by atomic mass is 32.2. The summed E-state index contributed by atoms with van der Waals surface area (Å²) in [6.07, 6.45) is 6.66. The van der Waals surface area contributed by atoms with E-state index in [4.69, 9.17) is 4.74 Å². The molecule has 2 aliphatic rings. The zero-order valence-electron chi connectivity index (χ0n) is 28.9. The Labute approximate surface area is 314 Å². The van der Waals surface area contributed by atoms with Crippen LogP contribution in [0.25, 0.3) is 10.9 Å². The third-order valence-corrected chi connectivity index (χ3v) is 12.4. The lowest BCUT2D eigenvalue weighted by molar-refractivity contribution is -0.138. The molecule has 0 radical (unpaired) electrons. The fraction of sp³-hybridized carbons (Fsp3) is 0.211. The smallest absolute Gasteiger partial charge is 0.268 e. The zero-order valence-corrected chi connectivity index (χ0v) is 30.5. The van der Waals surface area contributed by atoms with E-state index in [0.29, 0.717) is 46.6 Å². The average Bonchev–Trinajstić information content (AvgIpc) is 3.96.